The van der Waals surface area contributed by atoms with Crippen LogP contribution in [-0.4, -0.2) is 29.0 Å². The van der Waals surface area contributed by atoms with Gasteiger partial charge in [0.1, 0.15) is 6.33 Å². The summed E-state index contributed by atoms with van der Waals surface area (Å²) in [5.74, 6) is 0.411. The average molecular weight is 338 g/mol. The van der Waals surface area contributed by atoms with Gasteiger partial charge in [-0.25, -0.2) is 9.97 Å². The van der Waals surface area contributed by atoms with E-state index in [4.69, 9.17) is 0 Å². The fraction of sp³-hybridized carbons (Fsp3) is 0.167. The van der Waals surface area contributed by atoms with Crippen molar-refractivity contribution in [3.63, 3.8) is 0 Å². The zero-order valence-corrected chi connectivity index (χ0v) is 12.5. The summed E-state index contributed by atoms with van der Waals surface area (Å²) < 4.78 is 0.868. The lowest BCUT2D eigenvalue weighted by Crippen LogP contribution is -2.14. The highest BCUT2D eigenvalue weighted by Gasteiger charge is 2.24. The van der Waals surface area contributed by atoms with Gasteiger partial charge in [-0.1, -0.05) is 22.0 Å². The second-order valence-corrected chi connectivity index (χ2v) is 5.10. The number of nitrogens with one attached hydrogen (secondary N) is 1. The van der Waals surface area contributed by atoms with E-state index in [1.807, 2.05) is 12.1 Å². The van der Waals surface area contributed by atoms with Crippen LogP contribution in [0, 0.1) is 10.1 Å². The van der Waals surface area contributed by atoms with Crippen molar-refractivity contribution < 1.29 is 4.92 Å². The van der Waals surface area contributed by atoms with E-state index in [9.17, 15) is 10.1 Å². The minimum Gasteiger partial charge on any atom is -0.357 e. The predicted molar refractivity (Wildman–Crippen MR) is 80.4 cm³/mol. The highest BCUT2D eigenvalue weighted by molar-refractivity contribution is 9.10. The van der Waals surface area contributed by atoms with Crippen LogP contribution in [0.2, 0.25) is 0 Å². The molecule has 0 radical (unpaired) electrons. The van der Waals surface area contributed by atoms with Gasteiger partial charge in [0.25, 0.3) is 0 Å². The van der Waals surface area contributed by atoms with Crippen LogP contribution in [0.25, 0.3) is 0 Å². The Bertz CT molecular complexity index is 647. The maximum Gasteiger partial charge on any atom is 0.353 e. The quantitative estimate of drug-likeness (QED) is 0.682. The molecule has 104 valence electrons. The van der Waals surface area contributed by atoms with Gasteiger partial charge in [0.2, 0.25) is 11.6 Å². The Hall–Kier alpha value is -2.22. The third-order valence-electron chi connectivity index (χ3n) is 2.50. The number of benzene rings is 1. The molecule has 8 heteroatoms. The van der Waals surface area contributed by atoms with Crippen LogP contribution in [0.3, 0.4) is 0 Å². The Morgan fingerprint density at radius 3 is 2.70 bits per heavy atom. The van der Waals surface area contributed by atoms with E-state index >= 15 is 0 Å². The Morgan fingerprint density at radius 1 is 1.35 bits per heavy atom. The van der Waals surface area contributed by atoms with Crippen molar-refractivity contribution in [1.29, 1.82) is 0 Å². The maximum absolute atomic E-state index is 11.3. The molecule has 0 saturated carbocycles. The third kappa shape index (κ3) is 3.02. The molecule has 2 aromatic rings. The van der Waals surface area contributed by atoms with E-state index < -0.39 is 4.92 Å². The van der Waals surface area contributed by atoms with E-state index in [0.717, 1.165) is 4.47 Å². The first-order valence-electron chi connectivity index (χ1n) is 5.68. The number of rotatable bonds is 4. The van der Waals surface area contributed by atoms with Gasteiger partial charge < -0.3 is 10.2 Å². The standard InChI is InChI=1S/C12H12BrN5O2/c1-17(2)12-10(18(19)20)11(14-7-15-12)16-9-5-3-4-8(13)6-9/h3-7H,1-2H3,(H,14,15,16). The SMILES string of the molecule is CN(C)c1ncnc(Nc2cccc(Br)c2)c1[N+](=O)[O-]. The topological polar surface area (TPSA) is 84.2 Å². The Balaban J connectivity index is 2.46. The van der Waals surface area contributed by atoms with Crippen LogP contribution >= 0.6 is 15.9 Å². The number of nitro groups is 1. The van der Waals surface area contributed by atoms with E-state index in [0.29, 0.717) is 5.69 Å². The lowest BCUT2D eigenvalue weighted by molar-refractivity contribution is -0.383. The second kappa shape index (κ2) is 5.83. The summed E-state index contributed by atoms with van der Waals surface area (Å²) in [4.78, 5) is 20.2. The van der Waals surface area contributed by atoms with Crippen LogP contribution < -0.4 is 10.2 Å². The average Bonchev–Trinajstić information content (AvgIpc) is 2.38. The molecular weight excluding hydrogens is 326 g/mol. The first kappa shape index (κ1) is 14.2. The molecule has 1 aromatic carbocycles. The molecule has 0 saturated heterocycles. The normalized spacial score (nSPS) is 10.2. The molecule has 7 nitrogen and oxygen atoms in total. The summed E-state index contributed by atoms with van der Waals surface area (Å²) in [5.41, 5.74) is 0.545. The lowest BCUT2D eigenvalue weighted by atomic mass is 10.3. The van der Waals surface area contributed by atoms with Gasteiger partial charge in [-0.2, -0.15) is 0 Å². The molecule has 1 N–H and O–H groups in total. The Kier molecular flexibility index (Phi) is 4.14. The van der Waals surface area contributed by atoms with Gasteiger partial charge in [-0.3, -0.25) is 10.1 Å². The van der Waals surface area contributed by atoms with Crippen LogP contribution in [0.15, 0.2) is 35.1 Å². The van der Waals surface area contributed by atoms with E-state index in [2.05, 4.69) is 31.2 Å². The molecule has 2 rings (SSSR count). The Labute approximate surface area is 123 Å². The molecule has 0 bridgehead atoms. The number of hydrogen-bond donors (Lipinski definition) is 1. The van der Waals surface area contributed by atoms with Crippen molar-refractivity contribution in [3.8, 4) is 0 Å². The van der Waals surface area contributed by atoms with Gasteiger partial charge >= 0.3 is 5.69 Å². The second-order valence-electron chi connectivity index (χ2n) is 4.18. The largest absolute Gasteiger partial charge is 0.357 e. The van der Waals surface area contributed by atoms with Crippen molar-refractivity contribution in [1.82, 2.24) is 9.97 Å². The first-order chi connectivity index (χ1) is 9.49. The molecule has 0 aliphatic rings. The molecule has 0 unspecified atom stereocenters. The van der Waals surface area contributed by atoms with E-state index in [-0.39, 0.29) is 17.3 Å². The molecule has 1 aromatic heterocycles. The summed E-state index contributed by atoms with van der Waals surface area (Å²) in [6, 6.07) is 7.30. The van der Waals surface area contributed by atoms with Crippen molar-refractivity contribution in [2.75, 3.05) is 24.3 Å². The summed E-state index contributed by atoms with van der Waals surface area (Å²) >= 11 is 3.35. The van der Waals surface area contributed by atoms with E-state index in [1.165, 1.54) is 6.33 Å². The number of aromatic nitrogens is 2. The van der Waals surface area contributed by atoms with Crippen LogP contribution in [-0.2, 0) is 0 Å². The molecular formula is C12H12BrN5O2. The first-order valence-corrected chi connectivity index (χ1v) is 6.47. The minimum atomic E-state index is -0.490. The summed E-state index contributed by atoms with van der Waals surface area (Å²) in [7, 11) is 3.39. The smallest absolute Gasteiger partial charge is 0.353 e. The van der Waals surface area contributed by atoms with Crippen LogP contribution in [0.1, 0.15) is 0 Å². The molecule has 0 aliphatic carbocycles. The number of nitrogens with zero attached hydrogens (tertiary/aromatic N) is 4. The fourth-order valence-electron chi connectivity index (χ4n) is 1.66. The molecule has 0 aliphatic heterocycles. The number of hydrogen-bond acceptors (Lipinski definition) is 6. The lowest BCUT2D eigenvalue weighted by Gasteiger charge is -2.13. The van der Waals surface area contributed by atoms with Crippen LogP contribution in [0.5, 0.6) is 0 Å². The zero-order valence-electron chi connectivity index (χ0n) is 10.9. The van der Waals surface area contributed by atoms with Crippen molar-refractivity contribution in [3.05, 3.63) is 45.2 Å². The predicted octanol–water partition coefficient (Wildman–Crippen LogP) is 2.96. The van der Waals surface area contributed by atoms with Crippen molar-refractivity contribution in [2.45, 2.75) is 0 Å². The zero-order chi connectivity index (χ0) is 14.7. The minimum absolute atomic E-state index is 0.155. The van der Waals surface area contributed by atoms with Gasteiger partial charge in [0, 0.05) is 24.3 Å². The summed E-state index contributed by atoms with van der Waals surface area (Å²) in [5, 5.41) is 14.2. The monoisotopic (exact) mass is 337 g/mol. The van der Waals surface area contributed by atoms with Gasteiger partial charge in [0.15, 0.2) is 0 Å². The highest BCUT2D eigenvalue weighted by Crippen LogP contribution is 2.32. The highest BCUT2D eigenvalue weighted by atomic mass is 79.9. The van der Waals surface area contributed by atoms with Crippen molar-refractivity contribution >= 4 is 38.9 Å². The van der Waals surface area contributed by atoms with Gasteiger partial charge in [-0.15, -0.1) is 0 Å². The molecule has 1 heterocycles. The molecule has 0 fully saturated rings. The van der Waals surface area contributed by atoms with E-state index in [1.54, 1.807) is 31.1 Å². The number of anilines is 3. The van der Waals surface area contributed by atoms with Crippen molar-refractivity contribution in [2.24, 2.45) is 0 Å². The molecule has 0 spiro atoms. The molecule has 0 atom stereocenters. The fourth-order valence-corrected chi connectivity index (χ4v) is 2.06. The molecule has 20 heavy (non-hydrogen) atoms. The summed E-state index contributed by atoms with van der Waals surface area (Å²) in [6.07, 6.45) is 1.29. The number of halogens is 1. The maximum atomic E-state index is 11.3. The van der Waals surface area contributed by atoms with Gasteiger partial charge in [0.05, 0.1) is 4.92 Å². The molecule has 0 amide bonds. The summed E-state index contributed by atoms with van der Waals surface area (Å²) in [6.45, 7) is 0. The van der Waals surface area contributed by atoms with Gasteiger partial charge in [-0.05, 0) is 18.2 Å². The van der Waals surface area contributed by atoms with Crippen LogP contribution in [0.4, 0.5) is 23.0 Å². The third-order valence-corrected chi connectivity index (χ3v) is 2.99. The Morgan fingerprint density at radius 2 is 2.10 bits per heavy atom.